The first-order valence-electron chi connectivity index (χ1n) is 9.12. The maximum absolute atomic E-state index is 13.2. The van der Waals surface area contributed by atoms with Crippen LogP contribution in [0.3, 0.4) is 0 Å². The number of hydrogen-bond acceptors (Lipinski definition) is 4. The van der Waals surface area contributed by atoms with Crippen LogP contribution < -0.4 is 5.32 Å². The molecular formula is C24H20N2OS. The third-order valence-electron chi connectivity index (χ3n) is 4.55. The highest BCUT2D eigenvalue weighted by Crippen LogP contribution is 2.35. The van der Waals surface area contributed by atoms with E-state index in [1.165, 1.54) is 16.9 Å². The van der Waals surface area contributed by atoms with Crippen LogP contribution in [0.5, 0.6) is 0 Å². The highest BCUT2D eigenvalue weighted by Gasteiger charge is 2.21. The SMILES string of the molecule is Cc1ccc(C)c(Nc2nc(-c3ccccc3)c(C(=O)c3ccccc3)s2)c1. The van der Waals surface area contributed by atoms with E-state index in [-0.39, 0.29) is 5.78 Å². The van der Waals surface area contributed by atoms with Crippen molar-refractivity contribution in [3.8, 4) is 11.3 Å². The summed E-state index contributed by atoms with van der Waals surface area (Å²) in [5, 5.41) is 4.12. The molecule has 0 bridgehead atoms. The molecule has 1 N–H and O–H groups in total. The van der Waals surface area contributed by atoms with Gasteiger partial charge in [-0.05, 0) is 31.0 Å². The average Bonchev–Trinajstić information content (AvgIpc) is 3.15. The minimum Gasteiger partial charge on any atom is -0.331 e. The van der Waals surface area contributed by atoms with E-state index in [0.717, 1.165) is 16.8 Å². The fourth-order valence-electron chi connectivity index (χ4n) is 3.03. The van der Waals surface area contributed by atoms with Crippen LogP contribution in [0.25, 0.3) is 11.3 Å². The first-order valence-corrected chi connectivity index (χ1v) is 9.94. The predicted molar refractivity (Wildman–Crippen MR) is 117 cm³/mol. The van der Waals surface area contributed by atoms with Crippen molar-refractivity contribution in [1.82, 2.24) is 4.98 Å². The van der Waals surface area contributed by atoms with E-state index in [9.17, 15) is 4.79 Å². The lowest BCUT2D eigenvalue weighted by Crippen LogP contribution is -2.00. The third-order valence-corrected chi connectivity index (χ3v) is 5.52. The molecule has 0 aliphatic carbocycles. The number of nitrogens with one attached hydrogen (secondary N) is 1. The summed E-state index contributed by atoms with van der Waals surface area (Å²) in [4.78, 5) is 18.6. The molecule has 3 aromatic carbocycles. The Bertz CT molecular complexity index is 1120. The van der Waals surface area contributed by atoms with Crippen molar-refractivity contribution < 1.29 is 4.79 Å². The normalized spacial score (nSPS) is 10.6. The Balaban J connectivity index is 1.78. The molecule has 138 valence electrons. The van der Waals surface area contributed by atoms with Crippen LogP contribution in [0.2, 0.25) is 0 Å². The van der Waals surface area contributed by atoms with Crippen molar-refractivity contribution in [2.24, 2.45) is 0 Å². The van der Waals surface area contributed by atoms with Gasteiger partial charge in [0, 0.05) is 16.8 Å². The second-order valence-electron chi connectivity index (χ2n) is 6.70. The summed E-state index contributed by atoms with van der Waals surface area (Å²) in [6.45, 7) is 4.12. The number of hydrogen-bond donors (Lipinski definition) is 1. The molecule has 0 atom stereocenters. The van der Waals surface area contributed by atoms with Gasteiger partial charge in [0.25, 0.3) is 0 Å². The van der Waals surface area contributed by atoms with Gasteiger partial charge in [-0.3, -0.25) is 4.79 Å². The lowest BCUT2D eigenvalue weighted by Gasteiger charge is -2.07. The Morgan fingerprint density at radius 3 is 2.29 bits per heavy atom. The molecule has 1 aromatic heterocycles. The number of carbonyl (C=O) groups is 1. The van der Waals surface area contributed by atoms with Gasteiger partial charge in [-0.25, -0.2) is 4.98 Å². The zero-order chi connectivity index (χ0) is 19.5. The van der Waals surface area contributed by atoms with Crippen molar-refractivity contribution in [3.05, 3.63) is 100 Å². The van der Waals surface area contributed by atoms with Gasteiger partial charge in [-0.1, -0.05) is 84.1 Å². The van der Waals surface area contributed by atoms with E-state index in [1.807, 2.05) is 60.7 Å². The van der Waals surface area contributed by atoms with Gasteiger partial charge in [0.15, 0.2) is 5.13 Å². The summed E-state index contributed by atoms with van der Waals surface area (Å²) in [7, 11) is 0. The molecule has 1 heterocycles. The van der Waals surface area contributed by atoms with Crippen LogP contribution in [0.4, 0.5) is 10.8 Å². The first-order chi connectivity index (χ1) is 13.6. The molecule has 4 rings (SSSR count). The van der Waals surface area contributed by atoms with Crippen LogP contribution in [0.1, 0.15) is 26.4 Å². The number of rotatable bonds is 5. The molecule has 0 saturated heterocycles. The summed E-state index contributed by atoms with van der Waals surface area (Å²) in [6, 6.07) is 25.5. The average molecular weight is 385 g/mol. The van der Waals surface area contributed by atoms with Crippen LogP contribution in [0.15, 0.2) is 78.9 Å². The van der Waals surface area contributed by atoms with Gasteiger partial charge in [0.05, 0.1) is 5.69 Å². The van der Waals surface area contributed by atoms with E-state index in [2.05, 4.69) is 37.4 Å². The summed E-state index contributed by atoms with van der Waals surface area (Å²) < 4.78 is 0. The lowest BCUT2D eigenvalue weighted by atomic mass is 10.1. The molecule has 0 saturated carbocycles. The number of anilines is 2. The molecule has 3 nitrogen and oxygen atoms in total. The summed E-state index contributed by atoms with van der Waals surface area (Å²) in [6.07, 6.45) is 0. The van der Waals surface area contributed by atoms with Crippen molar-refractivity contribution in [2.45, 2.75) is 13.8 Å². The molecular weight excluding hydrogens is 364 g/mol. The molecule has 0 unspecified atom stereocenters. The topological polar surface area (TPSA) is 42.0 Å². The molecule has 0 amide bonds. The quantitative estimate of drug-likeness (QED) is 0.405. The van der Waals surface area contributed by atoms with Gasteiger partial charge in [-0.15, -0.1) is 0 Å². The fraction of sp³-hybridized carbons (Fsp3) is 0.0833. The molecule has 0 fully saturated rings. The van der Waals surface area contributed by atoms with Crippen LogP contribution in [-0.2, 0) is 0 Å². The van der Waals surface area contributed by atoms with Crippen molar-refractivity contribution in [3.63, 3.8) is 0 Å². The monoisotopic (exact) mass is 384 g/mol. The Morgan fingerprint density at radius 2 is 1.57 bits per heavy atom. The molecule has 28 heavy (non-hydrogen) atoms. The van der Waals surface area contributed by atoms with Crippen LogP contribution in [0, 0.1) is 13.8 Å². The largest absolute Gasteiger partial charge is 0.331 e. The van der Waals surface area contributed by atoms with Crippen molar-refractivity contribution >= 4 is 27.9 Å². The Labute approximate surface area is 168 Å². The molecule has 0 spiro atoms. The lowest BCUT2D eigenvalue weighted by molar-refractivity contribution is 0.104. The Hall–Kier alpha value is -3.24. The molecule has 0 aliphatic heterocycles. The standard InChI is InChI=1S/C24H20N2OS/c1-16-13-14-17(2)20(15-16)25-24-26-21(18-9-5-3-6-10-18)23(28-24)22(27)19-11-7-4-8-12-19/h3-15H,1-2H3,(H,25,26). The number of thiazole rings is 1. The van der Waals surface area contributed by atoms with Gasteiger partial charge >= 0.3 is 0 Å². The van der Waals surface area contributed by atoms with Crippen molar-refractivity contribution in [1.29, 1.82) is 0 Å². The Morgan fingerprint density at radius 1 is 0.893 bits per heavy atom. The fourth-order valence-corrected chi connectivity index (χ4v) is 3.99. The number of aryl methyl sites for hydroxylation is 2. The third kappa shape index (κ3) is 3.73. The number of aromatic nitrogens is 1. The van der Waals surface area contributed by atoms with Gasteiger partial charge in [0.2, 0.25) is 5.78 Å². The van der Waals surface area contributed by atoms with Gasteiger partial charge < -0.3 is 5.32 Å². The van der Waals surface area contributed by atoms with E-state index >= 15 is 0 Å². The molecule has 0 aliphatic rings. The number of carbonyl (C=O) groups excluding carboxylic acids is 1. The highest BCUT2D eigenvalue weighted by atomic mass is 32.1. The van der Waals surface area contributed by atoms with Gasteiger partial charge in [0.1, 0.15) is 4.88 Å². The minimum atomic E-state index is -0.00836. The van der Waals surface area contributed by atoms with E-state index in [4.69, 9.17) is 4.98 Å². The van der Waals surface area contributed by atoms with E-state index < -0.39 is 0 Å². The summed E-state index contributed by atoms with van der Waals surface area (Å²) >= 11 is 1.39. The number of nitrogens with zero attached hydrogens (tertiary/aromatic N) is 1. The molecule has 4 aromatic rings. The minimum absolute atomic E-state index is 0.00836. The van der Waals surface area contributed by atoms with Gasteiger partial charge in [-0.2, -0.15) is 0 Å². The smallest absolute Gasteiger partial charge is 0.205 e. The summed E-state index contributed by atoms with van der Waals surface area (Å²) in [5.74, 6) is -0.00836. The van der Waals surface area contributed by atoms with E-state index in [0.29, 0.717) is 21.3 Å². The van der Waals surface area contributed by atoms with Crippen LogP contribution in [-0.4, -0.2) is 10.8 Å². The number of ketones is 1. The maximum atomic E-state index is 13.2. The number of benzene rings is 3. The molecule has 0 radical (unpaired) electrons. The van der Waals surface area contributed by atoms with Crippen molar-refractivity contribution in [2.75, 3.05) is 5.32 Å². The van der Waals surface area contributed by atoms with Crippen LogP contribution >= 0.6 is 11.3 Å². The van der Waals surface area contributed by atoms with E-state index in [1.54, 1.807) is 0 Å². The molecule has 4 heteroatoms. The zero-order valence-corrected chi connectivity index (χ0v) is 16.6. The summed E-state index contributed by atoms with van der Waals surface area (Å²) in [5.41, 5.74) is 5.64. The first kappa shape index (κ1) is 18.1. The predicted octanol–water partition coefficient (Wildman–Crippen LogP) is 6.40. The maximum Gasteiger partial charge on any atom is 0.205 e. The second kappa shape index (κ2) is 7.79. The second-order valence-corrected chi connectivity index (χ2v) is 7.70. The zero-order valence-electron chi connectivity index (χ0n) is 15.8. The Kier molecular flexibility index (Phi) is 5.04. The highest BCUT2D eigenvalue weighted by molar-refractivity contribution is 7.18.